The minimum atomic E-state index is -0.613. The number of rotatable bonds is 3. The largest absolute Gasteiger partial charge is 0.400 e. The van der Waals surface area contributed by atoms with Gasteiger partial charge in [-0.3, -0.25) is 9.59 Å². The number of primary amides is 2. The van der Waals surface area contributed by atoms with Gasteiger partial charge in [-0.2, -0.15) is 0 Å². The lowest BCUT2D eigenvalue weighted by atomic mass is 9.77. The molecule has 3 aromatic rings. The van der Waals surface area contributed by atoms with Crippen molar-refractivity contribution in [2.45, 2.75) is 5.92 Å². The van der Waals surface area contributed by atoms with Crippen LogP contribution in [0.1, 0.15) is 43.3 Å². The Morgan fingerprint density at radius 2 is 1.52 bits per heavy atom. The Hall–Kier alpha value is -3.80. The summed E-state index contributed by atoms with van der Waals surface area (Å²) < 4.78 is 0. The molecule has 6 heteroatoms. The Bertz CT molecular complexity index is 1160. The maximum absolute atomic E-state index is 12.0. The van der Waals surface area contributed by atoms with E-state index < -0.39 is 17.7 Å². The lowest BCUT2D eigenvalue weighted by molar-refractivity contribution is 0.0987. The standard InChI is InChI=1S/C21H18N4O2/c22-18-14-6-2-4-10-3-1-5-13(16(10)14)17(19(18)23)15-9-11(20(24)26)7-8-12(15)21(25)27/h1-9,17H,22-23H2,(H2,24,26)(H2,25,27). The van der Waals surface area contributed by atoms with Gasteiger partial charge in [-0.25, -0.2) is 0 Å². The van der Waals surface area contributed by atoms with Gasteiger partial charge in [-0.05, 0) is 40.1 Å². The van der Waals surface area contributed by atoms with Crippen LogP contribution in [0, 0.1) is 0 Å². The molecule has 3 aromatic carbocycles. The summed E-state index contributed by atoms with van der Waals surface area (Å²) in [5, 5.41) is 1.98. The second-order valence-electron chi connectivity index (χ2n) is 6.58. The fourth-order valence-electron chi connectivity index (χ4n) is 3.83. The molecule has 1 aliphatic rings. The summed E-state index contributed by atoms with van der Waals surface area (Å²) in [6.07, 6.45) is 0. The van der Waals surface area contributed by atoms with E-state index in [-0.39, 0.29) is 11.1 Å². The number of hydrogen-bond acceptors (Lipinski definition) is 4. The first-order valence-corrected chi connectivity index (χ1v) is 8.41. The molecule has 0 bridgehead atoms. The predicted molar refractivity (Wildman–Crippen MR) is 105 cm³/mol. The van der Waals surface area contributed by atoms with Crippen molar-refractivity contribution in [3.05, 3.63) is 88.1 Å². The lowest BCUT2D eigenvalue weighted by Gasteiger charge is -2.29. The van der Waals surface area contributed by atoms with Gasteiger partial charge in [0, 0.05) is 22.4 Å². The predicted octanol–water partition coefficient (Wildman–Crippen LogP) is 1.77. The zero-order chi connectivity index (χ0) is 19.3. The Morgan fingerprint density at radius 1 is 0.815 bits per heavy atom. The molecule has 0 saturated heterocycles. The van der Waals surface area contributed by atoms with Crippen molar-refractivity contribution < 1.29 is 9.59 Å². The van der Waals surface area contributed by atoms with E-state index in [9.17, 15) is 9.59 Å². The highest BCUT2D eigenvalue weighted by Crippen LogP contribution is 2.43. The van der Waals surface area contributed by atoms with Crippen LogP contribution in [-0.4, -0.2) is 11.8 Å². The van der Waals surface area contributed by atoms with Crippen molar-refractivity contribution in [1.29, 1.82) is 0 Å². The summed E-state index contributed by atoms with van der Waals surface area (Å²) in [5.74, 6) is -1.72. The molecule has 1 unspecified atom stereocenters. The minimum Gasteiger partial charge on any atom is -0.400 e. The maximum Gasteiger partial charge on any atom is 0.249 e. The number of carbonyl (C=O) groups excluding carboxylic acids is 2. The van der Waals surface area contributed by atoms with E-state index in [1.165, 1.54) is 12.1 Å². The van der Waals surface area contributed by atoms with Crippen LogP contribution in [0.4, 0.5) is 0 Å². The van der Waals surface area contributed by atoms with Crippen LogP contribution < -0.4 is 22.9 Å². The number of allylic oxidation sites excluding steroid dienone is 1. The normalized spacial score (nSPS) is 15.8. The van der Waals surface area contributed by atoms with E-state index in [0.29, 0.717) is 17.0 Å². The van der Waals surface area contributed by atoms with Crippen molar-refractivity contribution in [2.75, 3.05) is 0 Å². The van der Waals surface area contributed by atoms with Gasteiger partial charge in [0.2, 0.25) is 11.8 Å². The molecule has 8 N–H and O–H groups in total. The highest BCUT2D eigenvalue weighted by atomic mass is 16.1. The number of carbonyl (C=O) groups is 2. The van der Waals surface area contributed by atoms with E-state index in [1.807, 2.05) is 36.4 Å². The highest BCUT2D eigenvalue weighted by Gasteiger charge is 2.30. The molecule has 134 valence electrons. The van der Waals surface area contributed by atoms with Crippen molar-refractivity contribution in [3.63, 3.8) is 0 Å². The van der Waals surface area contributed by atoms with Gasteiger partial charge < -0.3 is 22.9 Å². The van der Waals surface area contributed by atoms with Gasteiger partial charge in [0.05, 0.1) is 11.6 Å². The van der Waals surface area contributed by atoms with Crippen LogP contribution in [0.2, 0.25) is 0 Å². The first-order chi connectivity index (χ1) is 12.9. The van der Waals surface area contributed by atoms with Crippen LogP contribution in [0.15, 0.2) is 60.3 Å². The Kier molecular flexibility index (Phi) is 3.63. The highest BCUT2D eigenvalue weighted by molar-refractivity contribution is 6.02. The van der Waals surface area contributed by atoms with Gasteiger partial charge in [-0.1, -0.05) is 36.4 Å². The average molecular weight is 358 g/mol. The smallest absolute Gasteiger partial charge is 0.249 e. The number of amides is 2. The van der Waals surface area contributed by atoms with Crippen molar-refractivity contribution >= 4 is 28.3 Å². The molecule has 0 radical (unpaired) electrons. The molecule has 0 spiro atoms. The fourth-order valence-corrected chi connectivity index (χ4v) is 3.83. The van der Waals surface area contributed by atoms with Crippen LogP contribution >= 0.6 is 0 Å². The molecule has 0 fully saturated rings. The van der Waals surface area contributed by atoms with Crippen LogP contribution in [0.5, 0.6) is 0 Å². The molecule has 0 saturated carbocycles. The molecule has 0 aliphatic heterocycles. The van der Waals surface area contributed by atoms with Crippen LogP contribution in [0.25, 0.3) is 16.5 Å². The van der Waals surface area contributed by atoms with Gasteiger partial charge in [-0.15, -0.1) is 0 Å². The Morgan fingerprint density at radius 3 is 2.19 bits per heavy atom. The van der Waals surface area contributed by atoms with E-state index in [1.54, 1.807) is 6.07 Å². The summed E-state index contributed by atoms with van der Waals surface area (Å²) in [6.45, 7) is 0. The minimum absolute atomic E-state index is 0.271. The summed E-state index contributed by atoms with van der Waals surface area (Å²) >= 11 is 0. The monoisotopic (exact) mass is 358 g/mol. The molecule has 27 heavy (non-hydrogen) atoms. The molecule has 1 aliphatic carbocycles. The second kappa shape index (κ2) is 5.88. The van der Waals surface area contributed by atoms with Crippen molar-refractivity contribution in [1.82, 2.24) is 0 Å². The zero-order valence-corrected chi connectivity index (χ0v) is 14.4. The first kappa shape index (κ1) is 16.7. The lowest BCUT2D eigenvalue weighted by Crippen LogP contribution is -2.25. The van der Waals surface area contributed by atoms with E-state index in [4.69, 9.17) is 22.9 Å². The average Bonchev–Trinajstić information content (AvgIpc) is 2.66. The van der Waals surface area contributed by atoms with Gasteiger partial charge in [0.1, 0.15) is 0 Å². The number of hydrogen-bond donors (Lipinski definition) is 4. The molecule has 2 amide bonds. The first-order valence-electron chi connectivity index (χ1n) is 8.41. The molecule has 0 heterocycles. The second-order valence-corrected chi connectivity index (χ2v) is 6.58. The molecule has 6 nitrogen and oxygen atoms in total. The Labute approximate surface area is 155 Å². The van der Waals surface area contributed by atoms with Gasteiger partial charge in [0.25, 0.3) is 0 Å². The summed E-state index contributed by atoms with van der Waals surface area (Å²) in [7, 11) is 0. The third kappa shape index (κ3) is 2.42. The van der Waals surface area contributed by atoms with E-state index >= 15 is 0 Å². The number of nitrogens with two attached hydrogens (primary N) is 4. The molecular weight excluding hydrogens is 340 g/mol. The van der Waals surface area contributed by atoms with Crippen molar-refractivity contribution in [2.24, 2.45) is 22.9 Å². The fraction of sp³-hybridized carbons (Fsp3) is 0.0476. The SMILES string of the molecule is NC(=O)c1ccc(C(N)=O)c(C2C(N)=C(N)c3cccc4cccc2c34)c1. The Balaban J connectivity index is 2.09. The summed E-state index contributed by atoms with van der Waals surface area (Å²) in [6, 6.07) is 16.2. The summed E-state index contributed by atoms with van der Waals surface area (Å²) in [4.78, 5) is 23.7. The van der Waals surface area contributed by atoms with E-state index in [2.05, 4.69) is 0 Å². The zero-order valence-electron chi connectivity index (χ0n) is 14.4. The molecular formula is C21H18N4O2. The van der Waals surface area contributed by atoms with Crippen molar-refractivity contribution in [3.8, 4) is 0 Å². The van der Waals surface area contributed by atoms with E-state index in [0.717, 1.165) is 21.9 Å². The number of benzene rings is 3. The molecule has 0 aromatic heterocycles. The molecule has 4 rings (SSSR count). The van der Waals surface area contributed by atoms with Crippen LogP contribution in [-0.2, 0) is 0 Å². The van der Waals surface area contributed by atoms with Crippen LogP contribution in [0.3, 0.4) is 0 Å². The summed E-state index contributed by atoms with van der Waals surface area (Å²) in [5.41, 5.74) is 27.4. The van der Waals surface area contributed by atoms with Gasteiger partial charge in [0.15, 0.2) is 0 Å². The topological polar surface area (TPSA) is 138 Å². The molecule has 1 atom stereocenters. The van der Waals surface area contributed by atoms with Gasteiger partial charge >= 0.3 is 0 Å². The third-order valence-corrected chi connectivity index (χ3v) is 5.07. The maximum atomic E-state index is 12.0. The third-order valence-electron chi connectivity index (χ3n) is 5.07. The quantitative estimate of drug-likeness (QED) is 0.566.